The van der Waals surface area contributed by atoms with E-state index in [-0.39, 0.29) is 23.7 Å². The van der Waals surface area contributed by atoms with Crippen molar-refractivity contribution >= 4 is 12.4 Å². The number of likely N-dealkylation sites (tertiary alicyclic amines) is 1. The van der Waals surface area contributed by atoms with Crippen molar-refractivity contribution in [3.8, 4) is 0 Å². The van der Waals surface area contributed by atoms with Gasteiger partial charge in [0.1, 0.15) is 0 Å². The SMILES string of the molecule is Cl.Cn1c(CN2CCCC(CCN)C2)cc(=O)n(C)c1=O. The van der Waals surface area contributed by atoms with Gasteiger partial charge in [0.2, 0.25) is 0 Å². The minimum absolute atomic E-state index is 0. The van der Waals surface area contributed by atoms with E-state index in [4.69, 9.17) is 5.73 Å². The highest BCUT2D eigenvalue weighted by Crippen LogP contribution is 2.20. The summed E-state index contributed by atoms with van der Waals surface area (Å²) in [5.74, 6) is 0.636. The number of halogens is 1. The molecule has 2 N–H and O–H groups in total. The molecule has 0 spiro atoms. The second-order valence-electron chi connectivity index (χ2n) is 5.70. The fourth-order valence-corrected chi connectivity index (χ4v) is 2.93. The van der Waals surface area contributed by atoms with Gasteiger partial charge in [-0.05, 0) is 38.3 Å². The van der Waals surface area contributed by atoms with Gasteiger partial charge in [-0.1, -0.05) is 0 Å². The van der Waals surface area contributed by atoms with Crippen LogP contribution in [0.15, 0.2) is 15.7 Å². The van der Waals surface area contributed by atoms with E-state index in [2.05, 4.69) is 4.90 Å². The van der Waals surface area contributed by atoms with Crippen molar-refractivity contribution in [1.29, 1.82) is 0 Å². The summed E-state index contributed by atoms with van der Waals surface area (Å²) in [6.07, 6.45) is 3.43. The van der Waals surface area contributed by atoms with Gasteiger partial charge < -0.3 is 5.73 Å². The Balaban J connectivity index is 0.00000220. The molecule has 2 heterocycles. The molecule has 7 heteroatoms. The van der Waals surface area contributed by atoms with Crippen LogP contribution < -0.4 is 17.0 Å². The molecular formula is C14H25ClN4O2. The van der Waals surface area contributed by atoms with Crippen molar-refractivity contribution in [1.82, 2.24) is 14.0 Å². The summed E-state index contributed by atoms with van der Waals surface area (Å²) < 4.78 is 2.70. The molecule has 0 amide bonds. The summed E-state index contributed by atoms with van der Waals surface area (Å²) in [7, 11) is 3.23. The Kier molecular flexibility index (Phi) is 6.64. The Morgan fingerprint density at radius 2 is 2.00 bits per heavy atom. The van der Waals surface area contributed by atoms with Gasteiger partial charge in [0.25, 0.3) is 5.56 Å². The van der Waals surface area contributed by atoms with E-state index in [1.807, 2.05) is 0 Å². The van der Waals surface area contributed by atoms with E-state index in [1.165, 1.54) is 13.5 Å². The second-order valence-corrected chi connectivity index (χ2v) is 5.70. The summed E-state index contributed by atoms with van der Waals surface area (Å²) in [6, 6.07) is 1.56. The molecule has 1 saturated heterocycles. The second kappa shape index (κ2) is 7.77. The summed E-state index contributed by atoms with van der Waals surface area (Å²) in [5.41, 5.74) is 5.92. The Morgan fingerprint density at radius 1 is 1.29 bits per heavy atom. The average molecular weight is 317 g/mol. The van der Waals surface area contributed by atoms with Gasteiger partial charge in [-0.3, -0.25) is 18.8 Å². The molecule has 0 aromatic carbocycles. The lowest BCUT2D eigenvalue weighted by Crippen LogP contribution is -2.41. The van der Waals surface area contributed by atoms with E-state index >= 15 is 0 Å². The van der Waals surface area contributed by atoms with Crippen LogP contribution in [0.25, 0.3) is 0 Å². The van der Waals surface area contributed by atoms with Crippen molar-refractivity contribution in [3.63, 3.8) is 0 Å². The quantitative estimate of drug-likeness (QED) is 0.853. The van der Waals surface area contributed by atoms with Gasteiger partial charge in [0.15, 0.2) is 0 Å². The number of aromatic nitrogens is 2. The lowest BCUT2D eigenvalue weighted by Gasteiger charge is -2.32. The van der Waals surface area contributed by atoms with Crippen molar-refractivity contribution in [2.45, 2.75) is 25.8 Å². The van der Waals surface area contributed by atoms with E-state index in [0.29, 0.717) is 12.5 Å². The molecule has 6 nitrogen and oxygen atoms in total. The first-order valence-corrected chi connectivity index (χ1v) is 7.21. The van der Waals surface area contributed by atoms with Crippen molar-refractivity contribution in [2.75, 3.05) is 19.6 Å². The molecule has 1 aliphatic heterocycles. The van der Waals surface area contributed by atoms with Crippen LogP contribution in [0.4, 0.5) is 0 Å². The molecule has 0 radical (unpaired) electrons. The zero-order valence-electron chi connectivity index (χ0n) is 12.7. The molecule has 1 atom stereocenters. The molecule has 1 aromatic heterocycles. The molecule has 1 unspecified atom stereocenters. The van der Waals surface area contributed by atoms with E-state index in [0.717, 1.165) is 42.7 Å². The molecule has 0 bridgehead atoms. The molecule has 1 aliphatic rings. The molecule has 1 aromatic rings. The van der Waals surface area contributed by atoms with Gasteiger partial charge in [-0.25, -0.2) is 4.79 Å². The standard InChI is InChI=1S/C14H24N4O2.ClH/c1-16-12(8-13(19)17(2)14(16)20)10-18-7-3-4-11(9-18)5-6-15;/h8,11H,3-7,9-10,15H2,1-2H3;1H. The molecule has 1 fully saturated rings. The highest BCUT2D eigenvalue weighted by Gasteiger charge is 2.20. The van der Waals surface area contributed by atoms with Gasteiger partial charge in [-0.15, -0.1) is 12.4 Å². The maximum Gasteiger partial charge on any atom is 0.330 e. The van der Waals surface area contributed by atoms with Crippen molar-refractivity contribution in [3.05, 3.63) is 32.6 Å². The monoisotopic (exact) mass is 316 g/mol. The van der Waals surface area contributed by atoms with Crippen LogP contribution >= 0.6 is 12.4 Å². The summed E-state index contributed by atoms with van der Waals surface area (Å²) in [6.45, 7) is 3.40. The Hall–Kier alpha value is -1.11. The molecule has 0 saturated carbocycles. The van der Waals surface area contributed by atoms with Crippen molar-refractivity contribution in [2.24, 2.45) is 25.7 Å². The minimum atomic E-state index is -0.261. The van der Waals surface area contributed by atoms with Gasteiger partial charge in [0, 0.05) is 38.9 Å². The van der Waals surface area contributed by atoms with Crippen LogP contribution in [0.1, 0.15) is 25.0 Å². The Bertz CT molecular complexity index is 579. The number of hydrogen-bond acceptors (Lipinski definition) is 4. The van der Waals surface area contributed by atoms with E-state index in [1.54, 1.807) is 17.7 Å². The first-order chi connectivity index (χ1) is 9.52. The predicted molar refractivity (Wildman–Crippen MR) is 85.8 cm³/mol. The molecule has 120 valence electrons. The molecule has 0 aliphatic carbocycles. The summed E-state index contributed by atoms with van der Waals surface area (Å²) >= 11 is 0. The van der Waals surface area contributed by atoms with Gasteiger partial charge >= 0.3 is 5.69 Å². The van der Waals surface area contributed by atoms with Gasteiger partial charge in [0.05, 0.1) is 0 Å². The summed E-state index contributed by atoms with van der Waals surface area (Å²) in [5, 5.41) is 0. The third-order valence-electron chi connectivity index (χ3n) is 4.19. The lowest BCUT2D eigenvalue weighted by molar-refractivity contribution is 0.159. The number of rotatable bonds is 4. The van der Waals surface area contributed by atoms with Crippen LogP contribution in [-0.2, 0) is 20.6 Å². The number of piperidine rings is 1. The van der Waals surface area contributed by atoms with Crippen LogP contribution in [-0.4, -0.2) is 33.7 Å². The smallest absolute Gasteiger partial charge is 0.330 e. The lowest BCUT2D eigenvalue weighted by atomic mass is 9.95. The predicted octanol–water partition coefficient (Wildman–Crippen LogP) is 0.0666. The first kappa shape index (κ1) is 17.9. The molecule has 2 rings (SSSR count). The van der Waals surface area contributed by atoms with Crippen LogP contribution in [0.2, 0.25) is 0 Å². The zero-order valence-corrected chi connectivity index (χ0v) is 13.6. The topological polar surface area (TPSA) is 73.3 Å². The fourth-order valence-electron chi connectivity index (χ4n) is 2.93. The largest absolute Gasteiger partial charge is 0.330 e. The zero-order chi connectivity index (χ0) is 14.7. The van der Waals surface area contributed by atoms with Crippen LogP contribution in [0.3, 0.4) is 0 Å². The fraction of sp³-hybridized carbons (Fsp3) is 0.714. The first-order valence-electron chi connectivity index (χ1n) is 7.21. The normalized spacial score (nSPS) is 19.3. The highest BCUT2D eigenvalue weighted by atomic mass is 35.5. The van der Waals surface area contributed by atoms with Gasteiger partial charge in [-0.2, -0.15) is 0 Å². The number of nitrogens with zero attached hydrogens (tertiary/aromatic N) is 3. The molecular weight excluding hydrogens is 292 g/mol. The van der Waals surface area contributed by atoms with E-state index < -0.39 is 0 Å². The minimum Gasteiger partial charge on any atom is -0.330 e. The number of nitrogens with two attached hydrogens (primary N) is 1. The maximum atomic E-state index is 11.9. The Labute approximate surface area is 131 Å². The van der Waals surface area contributed by atoms with Crippen LogP contribution in [0, 0.1) is 5.92 Å². The van der Waals surface area contributed by atoms with Crippen molar-refractivity contribution < 1.29 is 0 Å². The van der Waals surface area contributed by atoms with E-state index in [9.17, 15) is 9.59 Å². The number of hydrogen-bond donors (Lipinski definition) is 1. The summed E-state index contributed by atoms with van der Waals surface area (Å²) in [4.78, 5) is 26.0. The third-order valence-corrected chi connectivity index (χ3v) is 4.19. The van der Waals surface area contributed by atoms with Crippen LogP contribution in [0.5, 0.6) is 0 Å². The highest BCUT2D eigenvalue weighted by molar-refractivity contribution is 5.85. The Morgan fingerprint density at radius 3 is 2.67 bits per heavy atom. The maximum absolute atomic E-state index is 11.9. The molecule has 21 heavy (non-hydrogen) atoms. The third kappa shape index (κ3) is 4.18. The average Bonchev–Trinajstić information content (AvgIpc) is 2.43.